The van der Waals surface area contributed by atoms with E-state index in [1.165, 1.54) is 17.0 Å². The summed E-state index contributed by atoms with van der Waals surface area (Å²) in [6.45, 7) is 1.08. The number of nitrogens with one attached hydrogen (secondary N) is 1. The second-order valence-electron chi connectivity index (χ2n) is 4.98. The van der Waals surface area contributed by atoms with E-state index in [9.17, 15) is 18.4 Å². The topological polar surface area (TPSA) is 75.4 Å². The number of nitrogens with two attached hydrogens (primary N) is 1. The van der Waals surface area contributed by atoms with Gasteiger partial charge in [0.2, 0.25) is 5.91 Å². The van der Waals surface area contributed by atoms with Crippen molar-refractivity contribution in [3.63, 3.8) is 0 Å². The highest BCUT2D eigenvalue weighted by molar-refractivity contribution is 5.96. The molecule has 0 radical (unpaired) electrons. The van der Waals surface area contributed by atoms with Gasteiger partial charge in [0.25, 0.3) is 5.91 Å². The predicted molar refractivity (Wildman–Crippen MR) is 72.5 cm³/mol. The Hall–Kier alpha value is -2.02. The Morgan fingerprint density at radius 1 is 1.29 bits per heavy atom. The van der Waals surface area contributed by atoms with Crippen LogP contribution in [0.3, 0.4) is 0 Å². The summed E-state index contributed by atoms with van der Waals surface area (Å²) in [5, 5.41) is 3.13. The molecule has 1 heterocycles. The predicted octanol–water partition coefficient (Wildman–Crippen LogP) is 0.644. The van der Waals surface area contributed by atoms with Gasteiger partial charge in [0.05, 0.1) is 12.1 Å². The average Bonchev–Trinajstić information content (AvgIpc) is 2.48. The maximum absolute atomic E-state index is 13.8. The van der Waals surface area contributed by atoms with Crippen molar-refractivity contribution in [2.75, 3.05) is 19.6 Å². The molecule has 1 aliphatic heterocycles. The number of primary amides is 1. The zero-order chi connectivity index (χ0) is 15.4. The zero-order valence-corrected chi connectivity index (χ0v) is 11.4. The van der Waals surface area contributed by atoms with Gasteiger partial charge < -0.3 is 16.0 Å². The molecule has 114 valence electrons. The standard InChI is InChI=1S/C14H17F2N3O2/c15-11-3-1-2-10(13(11)16)14(21)19(8-12(17)20)9-4-6-18-7-5-9/h1-3,9,18H,4-8H2,(H2,17,20). The maximum atomic E-state index is 13.8. The summed E-state index contributed by atoms with van der Waals surface area (Å²) in [7, 11) is 0. The van der Waals surface area contributed by atoms with E-state index in [0.29, 0.717) is 25.9 Å². The number of carbonyl (C=O) groups is 2. The van der Waals surface area contributed by atoms with Crippen molar-refractivity contribution in [2.24, 2.45) is 5.73 Å². The van der Waals surface area contributed by atoms with Gasteiger partial charge in [-0.2, -0.15) is 0 Å². The molecule has 1 saturated heterocycles. The molecule has 21 heavy (non-hydrogen) atoms. The van der Waals surface area contributed by atoms with Crippen LogP contribution in [-0.2, 0) is 4.79 Å². The quantitative estimate of drug-likeness (QED) is 0.856. The Bertz CT molecular complexity index is 545. The minimum absolute atomic E-state index is 0.214. The van der Waals surface area contributed by atoms with Crippen LogP contribution in [0.25, 0.3) is 0 Å². The van der Waals surface area contributed by atoms with Crippen molar-refractivity contribution in [3.8, 4) is 0 Å². The van der Waals surface area contributed by atoms with Gasteiger partial charge in [-0.15, -0.1) is 0 Å². The van der Waals surface area contributed by atoms with E-state index >= 15 is 0 Å². The van der Waals surface area contributed by atoms with Crippen LogP contribution in [0.15, 0.2) is 18.2 Å². The summed E-state index contributed by atoms with van der Waals surface area (Å²) in [5.74, 6) is -3.69. The van der Waals surface area contributed by atoms with Crippen LogP contribution < -0.4 is 11.1 Å². The average molecular weight is 297 g/mol. The lowest BCUT2D eigenvalue weighted by Crippen LogP contribution is -2.49. The SMILES string of the molecule is NC(=O)CN(C(=O)c1cccc(F)c1F)C1CCNCC1. The van der Waals surface area contributed by atoms with E-state index < -0.39 is 23.4 Å². The van der Waals surface area contributed by atoms with E-state index in [-0.39, 0.29) is 18.2 Å². The third-order valence-electron chi connectivity index (χ3n) is 3.52. The summed E-state index contributed by atoms with van der Waals surface area (Å²) in [4.78, 5) is 24.9. The van der Waals surface area contributed by atoms with Gasteiger partial charge in [0.15, 0.2) is 11.6 Å². The van der Waals surface area contributed by atoms with Crippen molar-refractivity contribution in [1.29, 1.82) is 0 Å². The number of benzene rings is 1. The van der Waals surface area contributed by atoms with Crippen molar-refractivity contribution < 1.29 is 18.4 Å². The summed E-state index contributed by atoms with van der Waals surface area (Å²) in [6.07, 6.45) is 1.27. The van der Waals surface area contributed by atoms with Gasteiger partial charge in [-0.3, -0.25) is 9.59 Å². The molecule has 1 aliphatic rings. The monoisotopic (exact) mass is 297 g/mol. The minimum Gasteiger partial charge on any atom is -0.368 e. The molecule has 0 bridgehead atoms. The lowest BCUT2D eigenvalue weighted by atomic mass is 10.0. The fourth-order valence-corrected chi connectivity index (χ4v) is 2.48. The summed E-state index contributed by atoms with van der Waals surface area (Å²) < 4.78 is 27.0. The first-order valence-electron chi connectivity index (χ1n) is 6.74. The van der Waals surface area contributed by atoms with Crippen LogP contribution in [0, 0.1) is 11.6 Å². The Kier molecular flexibility index (Phi) is 4.85. The fraction of sp³-hybridized carbons (Fsp3) is 0.429. The van der Waals surface area contributed by atoms with Crippen molar-refractivity contribution in [2.45, 2.75) is 18.9 Å². The van der Waals surface area contributed by atoms with Gasteiger partial charge in [-0.05, 0) is 38.1 Å². The molecule has 2 amide bonds. The third kappa shape index (κ3) is 3.55. The molecule has 5 nitrogen and oxygen atoms in total. The number of carbonyl (C=O) groups excluding carboxylic acids is 2. The largest absolute Gasteiger partial charge is 0.368 e. The molecule has 0 unspecified atom stereocenters. The fourth-order valence-electron chi connectivity index (χ4n) is 2.48. The van der Waals surface area contributed by atoms with Crippen LogP contribution in [-0.4, -0.2) is 42.4 Å². The molecule has 0 saturated carbocycles. The molecule has 3 N–H and O–H groups in total. The number of halogens is 2. The van der Waals surface area contributed by atoms with E-state index in [1.54, 1.807) is 0 Å². The highest BCUT2D eigenvalue weighted by atomic mass is 19.2. The van der Waals surface area contributed by atoms with Crippen LogP contribution in [0.1, 0.15) is 23.2 Å². The lowest BCUT2D eigenvalue weighted by Gasteiger charge is -2.34. The van der Waals surface area contributed by atoms with Crippen LogP contribution in [0.2, 0.25) is 0 Å². The molecule has 2 rings (SSSR count). The molecule has 1 fully saturated rings. The summed E-state index contributed by atoms with van der Waals surface area (Å²) in [5.41, 5.74) is 4.79. The number of nitrogens with zero attached hydrogens (tertiary/aromatic N) is 1. The number of piperidine rings is 1. The Labute approximate surface area is 121 Å². The normalized spacial score (nSPS) is 15.7. The molecular weight excluding hydrogens is 280 g/mol. The van der Waals surface area contributed by atoms with Crippen LogP contribution >= 0.6 is 0 Å². The molecule has 0 aliphatic carbocycles. The van der Waals surface area contributed by atoms with E-state index in [2.05, 4.69) is 5.32 Å². The van der Waals surface area contributed by atoms with Gasteiger partial charge in [-0.1, -0.05) is 6.07 Å². The highest BCUT2D eigenvalue weighted by Crippen LogP contribution is 2.18. The summed E-state index contributed by atoms with van der Waals surface area (Å²) in [6, 6.07) is 3.19. The van der Waals surface area contributed by atoms with E-state index in [1.807, 2.05) is 0 Å². The smallest absolute Gasteiger partial charge is 0.257 e. The molecule has 1 aromatic carbocycles. The zero-order valence-electron chi connectivity index (χ0n) is 11.4. The van der Waals surface area contributed by atoms with Gasteiger partial charge in [0.1, 0.15) is 0 Å². The number of hydrogen-bond acceptors (Lipinski definition) is 3. The molecule has 0 atom stereocenters. The first-order valence-corrected chi connectivity index (χ1v) is 6.74. The van der Waals surface area contributed by atoms with Crippen LogP contribution in [0.5, 0.6) is 0 Å². The van der Waals surface area contributed by atoms with Crippen molar-refractivity contribution in [1.82, 2.24) is 10.2 Å². The second kappa shape index (κ2) is 6.62. The minimum atomic E-state index is -1.20. The Morgan fingerprint density at radius 3 is 2.57 bits per heavy atom. The van der Waals surface area contributed by atoms with E-state index in [4.69, 9.17) is 5.73 Å². The summed E-state index contributed by atoms with van der Waals surface area (Å²) >= 11 is 0. The molecular formula is C14H17F2N3O2. The first-order chi connectivity index (χ1) is 10.0. The maximum Gasteiger partial charge on any atom is 0.257 e. The molecule has 1 aromatic rings. The van der Waals surface area contributed by atoms with E-state index in [0.717, 1.165) is 6.07 Å². The third-order valence-corrected chi connectivity index (χ3v) is 3.52. The van der Waals surface area contributed by atoms with Crippen LogP contribution in [0.4, 0.5) is 8.78 Å². The van der Waals surface area contributed by atoms with Gasteiger partial charge in [0, 0.05) is 6.04 Å². The molecule has 0 spiro atoms. The number of rotatable bonds is 4. The number of hydrogen-bond donors (Lipinski definition) is 2. The molecule has 0 aromatic heterocycles. The second-order valence-corrected chi connectivity index (χ2v) is 4.98. The first kappa shape index (κ1) is 15.4. The Morgan fingerprint density at radius 2 is 1.95 bits per heavy atom. The highest BCUT2D eigenvalue weighted by Gasteiger charge is 2.29. The van der Waals surface area contributed by atoms with Gasteiger partial charge in [-0.25, -0.2) is 8.78 Å². The molecule has 7 heteroatoms. The number of amides is 2. The van der Waals surface area contributed by atoms with Crippen molar-refractivity contribution >= 4 is 11.8 Å². The van der Waals surface area contributed by atoms with Gasteiger partial charge >= 0.3 is 0 Å². The van der Waals surface area contributed by atoms with Crippen molar-refractivity contribution in [3.05, 3.63) is 35.4 Å². The Balaban J connectivity index is 2.28. The lowest BCUT2D eigenvalue weighted by molar-refractivity contribution is -0.119.